The maximum atomic E-state index is 12.3. The molecule has 2 rings (SSSR count). The third-order valence-corrected chi connectivity index (χ3v) is 3.50. The molecule has 0 spiro atoms. The molecule has 2 atom stereocenters. The predicted octanol–water partition coefficient (Wildman–Crippen LogP) is 1.19. The van der Waals surface area contributed by atoms with Crippen molar-refractivity contribution in [1.82, 2.24) is 0 Å². The monoisotopic (exact) mass is 248 g/mol. The van der Waals surface area contributed by atoms with Crippen molar-refractivity contribution >= 4 is 11.6 Å². The lowest BCUT2D eigenvalue weighted by atomic mass is 10.0. The Morgan fingerprint density at radius 2 is 2.06 bits per heavy atom. The van der Waals surface area contributed by atoms with Crippen LogP contribution in [-0.2, 0) is 16.0 Å². The van der Waals surface area contributed by atoms with Gasteiger partial charge in [-0.05, 0) is 24.1 Å². The van der Waals surface area contributed by atoms with Crippen molar-refractivity contribution in [2.45, 2.75) is 19.4 Å². The first-order chi connectivity index (χ1) is 8.63. The van der Waals surface area contributed by atoms with E-state index in [-0.39, 0.29) is 17.9 Å². The maximum Gasteiger partial charge on any atom is 0.233 e. The summed E-state index contributed by atoms with van der Waals surface area (Å²) in [6.07, 6.45) is 0.999. The van der Waals surface area contributed by atoms with Crippen LogP contribution in [0, 0.1) is 5.92 Å². The van der Waals surface area contributed by atoms with Crippen molar-refractivity contribution in [1.29, 1.82) is 0 Å². The second kappa shape index (κ2) is 5.50. The minimum absolute atomic E-state index is 0.0317. The van der Waals surface area contributed by atoms with Crippen LogP contribution in [0.2, 0.25) is 0 Å². The Bertz CT molecular complexity index is 416. The van der Waals surface area contributed by atoms with Gasteiger partial charge in [-0.2, -0.15) is 0 Å². The third-order valence-electron chi connectivity index (χ3n) is 3.50. The summed E-state index contributed by atoms with van der Waals surface area (Å²) in [7, 11) is 1.79. The van der Waals surface area contributed by atoms with Crippen LogP contribution < -0.4 is 10.6 Å². The van der Waals surface area contributed by atoms with Gasteiger partial charge >= 0.3 is 0 Å². The van der Waals surface area contributed by atoms with E-state index in [9.17, 15) is 4.79 Å². The van der Waals surface area contributed by atoms with Gasteiger partial charge in [-0.3, -0.25) is 4.79 Å². The van der Waals surface area contributed by atoms with Crippen molar-refractivity contribution in [3.05, 3.63) is 29.8 Å². The fourth-order valence-electron chi connectivity index (χ4n) is 2.16. The van der Waals surface area contributed by atoms with Gasteiger partial charge in [0.2, 0.25) is 5.91 Å². The minimum Gasteiger partial charge on any atom is -0.379 e. The number of aryl methyl sites for hydroxylation is 1. The van der Waals surface area contributed by atoms with Crippen LogP contribution in [0.1, 0.15) is 12.5 Å². The van der Waals surface area contributed by atoms with Crippen molar-refractivity contribution in [3.63, 3.8) is 0 Å². The molecule has 1 heterocycles. The van der Waals surface area contributed by atoms with E-state index in [1.165, 1.54) is 5.56 Å². The van der Waals surface area contributed by atoms with Gasteiger partial charge in [0.1, 0.15) is 0 Å². The average molecular weight is 248 g/mol. The summed E-state index contributed by atoms with van der Waals surface area (Å²) in [6.45, 7) is 3.01. The van der Waals surface area contributed by atoms with Gasteiger partial charge in [-0.25, -0.2) is 0 Å². The molecular weight excluding hydrogens is 228 g/mol. The largest absolute Gasteiger partial charge is 0.379 e. The fourth-order valence-corrected chi connectivity index (χ4v) is 2.16. The van der Waals surface area contributed by atoms with Crippen LogP contribution in [-0.4, -0.2) is 32.2 Å². The topological polar surface area (TPSA) is 55.6 Å². The number of hydrogen-bond donors (Lipinski definition) is 1. The summed E-state index contributed by atoms with van der Waals surface area (Å²) in [4.78, 5) is 13.9. The van der Waals surface area contributed by atoms with Gasteiger partial charge in [-0.15, -0.1) is 0 Å². The number of nitrogens with zero attached hydrogens (tertiary/aromatic N) is 1. The molecule has 0 bridgehead atoms. The Balaban J connectivity index is 2.09. The molecule has 4 nitrogen and oxygen atoms in total. The molecule has 0 saturated carbocycles. The van der Waals surface area contributed by atoms with E-state index in [0.29, 0.717) is 13.2 Å². The lowest BCUT2D eigenvalue weighted by molar-refractivity contribution is -0.122. The van der Waals surface area contributed by atoms with Gasteiger partial charge < -0.3 is 15.4 Å². The molecule has 1 amide bonds. The first kappa shape index (κ1) is 13.1. The molecule has 0 aliphatic carbocycles. The second-order valence-electron chi connectivity index (χ2n) is 4.73. The van der Waals surface area contributed by atoms with Gasteiger partial charge in [-0.1, -0.05) is 19.1 Å². The van der Waals surface area contributed by atoms with Gasteiger partial charge in [0.25, 0.3) is 0 Å². The SMILES string of the molecule is CCc1ccc(N(C)C(=O)C2COCC2N)cc1. The zero-order valence-corrected chi connectivity index (χ0v) is 10.9. The van der Waals surface area contributed by atoms with E-state index in [2.05, 4.69) is 6.92 Å². The number of rotatable bonds is 3. The van der Waals surface area contributed by atoms with E-state index in [4.69, 9.17) is 10.5 Å². The number of anilines is 1. The molecule has 0 aromatic heterocycles. The Kier molecular flexibility index (Phi) is 3.99. The fraction of sp³-hybridized carbons (Fsp3) is 0.500. The van der Waals surface area contributed by atoms with Crippen LogP contribution in [0.15, 0.2) is 24.3 Å². The lowest BCUT2D eigenvalue weighted by Gasteiger charge is -2.22. The van der Waals surface area contributed by atoms with E-state index in [0.717, 1.165) is 12.1 Å². The highest BCUT2D eigenvalue weighted by molar-refractivity contribution is 5.95. The van der Waals surface area contributed by atoms with E-state index in [1.54, 1.807) is 11.9 Å². The quantitative estimate of drug-likeness (QED) is 0.874. The molecule has 18 heavy (non-hydrogen) atoms. The number of ether oxygens (including phenoxy) is 1. The molecule has 1 aromatic rings. The highest BCUT2D eigenvalue weighted by Crippen LogP contribution is 2.20. The second-order valence-corrected chi connectivity index (χ2v) is 4.73. The Morgan fingerprint density at radius 3 is 2.56 bits per heavy atom. The zero-order chi connectivity index (χ0) is 13.1. The summed E-state index contributed by atoms with van der Waals surface area (Å²) in [5.41, 5.74) is 8.03. The van der Waals surface area contributed by atoms with Crippen LogP contribution in [0.4, 0.5) is 5.69 Å². The van der Waals surface area contributed by atoms with Crippen molar-refractivity contribution in [3.8, 4) is 0 Å². The Hall–Kier alpha value is -1.39. The lowest BCUT2D eigenvalue weighted by Crippen LogP contribution is -2.42. The molecule has 1 saturated heterocycles. The van der Waals surface area contributed by atoms with Gasteiger partial charge in [0, 0.05) is 18.8 Å². The molecule has 1 fully saturated rings. The number of hydrogen-bond acceptors (Lipinski definition) is 3. The molecule has 2 N–H and O–H groups in total. The van der Waals surface area contributed by atoms with Crippen molar-refractivity contribution in [2.24, 2.45) is 11.7 Å². The summed E-state index contributed by atoms with van der Waals surface area (Å²) < 4.78 is 5.24. The van der Waals surface area contributed by atoms with Crippen molar-refractivity contribution in [2.75, 3.05) is 25.2 Å². The van der Waals surface area contributed by atoms with E-state index >= 15 is 0 Å². The molecule has 0 radical (unpaired) electrons. The number of amides is 1. The van der Waals surface area contributed by atoms with Crippen LogP contribution in [0.25, 0.3) is 0 Å². The smallest absolute Gasteiger partial charge is 0.233 e. The molecule has 98 valence electrons. The van der Waals surface area contributed by atoms with Gasteiger partial charge in [0.15, 0.2) is 0 Å². The number of carbonyl (C=O) groups is 1. The molecule has 1 aliphatic rings. The summed E-state index contributed by atoms with van der Waals surface area (Å²) in [6, 6.07) is 7.85. The first-order valence-corrected chi connectivity index (χ1v) is 6.33. The predicted molar refractivity (Wildman–Crippen MR) is 71.5 cm³/mol. The Morgan fingerprint density at radius 1 is 1.39 bits per heavy atom. The molecule has 1 aliphatic heterocycles. The molecule has 4 heteroatoms. The first-order valence-electron chi connectivity index (χ1n) is 6.33. The zero-order valence-electron chi connectivity index (χ0n) is 10.9. The van der Waals surface area contributed by atoms with Crippen LogP contribution in [0.3, 0.4) is 0 Å². The van der Waals surface area contributed by atoms with Crippen molar-refractivity contribution < 1.29 is 9.53 Å². The minimum atomic E-state index is -0.221. The number of benzene rings is 1. The summed E-state index contributed by atoms with van der Waals surface area (Å²) >= 11 is 0. The number of nitrogens with two attached hydrogens (primary N) is 1. The maximum absolute atomic E-state index is 12.3. The molecule has 2 unspecified atom stereocenters. The normalized spacial score (nSPS) is 23.1. The van der Waals surface area contributed by atoms with Crippen LogP contribution >= 0.6 is 0 Å². The van der Waals surface area contributed by atoms with Crippen LogP contribution in [0.5, 0.6) is 0 Å². The highest BCUT2D eigenvalue weighted by Gasteiger charge is 2.33. The number of carbonyl (C=O) groups excluding carboxylic acids is 1. The molecule has 1 aromatic carbocycles. The highest BCUT2D eigenvalue weighted by atomic mass is 16.5. The average Bonchev–Trinajstić information content (AvgIpc) is 2.83. The van der Waals surface area contributed by atoms with E-state index in [1.807, 2.05) is 24.3 Å². The summed E-state index contributed by atoms with van der Waals surface area (Å²) in [5.74, 6) is -0.190. The summed E-state index contributed by atoms with van der Waals surface area (Å²) in [5, 5.41) is 0. The van der Waals surface area contributed by atoms with E-state index < -0.39 is 0 Å². The third kappa shape index (κ3) is 2.54. The van der Waals surface area contributed by atoms with Gasteiger partial charge in [0.05, 0.1) is 19.1 Å². The standard InChI is InChI=1S/C14H20N2O2/c1-3-10-4-6-11(7-5-10)16(2)14(17)12-8-18-9-13(12)15/h4-7,12-13H,3,8-9,15H2,1-2H3. The Labute approximate surface area is 108 Å². The molecular formula is C14H20N2O2.